The molecule has 0 radical (unpaired) electrons. The lowest BCUT2D eigenvalue weighted by molar-refractivity contribution is -0.122. The number of rotatable bonds is 10. The van der Waals surface area contributed by atoms with E-state index in [-0.39, 0.29) is 29.9 Å². The van der Waals surface area contributed by atoms with Crippen LogP contribution in [0.3, 0.4) is 0 Å². The number of carbonyl (C=O) groups excluding carboxylic acids is 2. The molecule has 0 saturated heterocycles. The summed E-state index contributed by atoms with van der Waals surface area (Å²) in [6.45, 7) is 8.71. The summed E-state index contributed by atoms with van der Waals surface area (Å²) >= 11 is 0. The molecule has 4 aromatic rings. The zero-order valence-corrected chi connectivity index (χ0v) is 25.0. The average Bonchev–Trinajstić information content (AvgIpc) is 3.47. The van der Waals surface area contributed by atoms with E-state index in [4.69, 9.17) is 10.2 Å². The molecule has 220 valence electrons. The lowest BCUT2D eigenvalue weighted by atomic mass is 9.84. The Bertz CT molecular complexity index is 1640. The van der Waals surface area contributed by atoms with Crippen LogP contribution in [0.1, 0.15) is 55.5 Å². The summed E-state index contributed by atoms with van der Waals surface area (Å²) in [5.74, 6) is -1.02. The Morgan fingerprint density at radius 3 is 2.29 bits per heavy atom. The van der Waals surface area contributed by atoms with Gasteiger partial charge in [0.25, 0.3) is 11.4 Å². The number of benzene rings is 2. The lowest BCUT2D eigenvalue weighted by Gasteiger charge is -2.22. The molecule has 0 spiro atoms. The zero-order chi connectivity index (χ0) is 30.8. The van der Waals surface area contributed by atoms with Gasteiger partial charge in [-0.05, 0) is 44.4 Å². The van der Waals surface area contributed by atoms with Crippen molar-refractivity contribution in [3.8, 4) is 11.4 Å². The van der Waals surface area contributed by atoms with E-state index >= 15 is 0 Å². The van der Waals surface area contributed by atoms with Crippen LogP contribution in [0.4, 0.5) is 11.4 Å². The Kier molecular flexibility index (Phi) is 8.60. The first-order chi connectivity index (χ1) is 19.8. The van der Waals surface area contributed by atoms with Crippen molar-refractivity contribution >= 4 is 23.1 Å². The second-order valence-electron chi connectivity index (χ2n) is 11.3. The van der Waals surface area contributed by atoms with Gasteiger partial charge in [-0.25, -0.2) is 4.98 Å². The minimum absolute atomic E-state index is 0.0451. The first kappa shape index (κ1) is 30.2. The van der Waals surface area contributed by atoms with Gasteiger partial charge in [-0.15, -0.1) is 10.2 Å². The standard InChI is InChI=1S/C31H37N7O4/c1-18(2)25(26(40)28-35-36-30(42-28)31(4,5)21-13-15-22(16-14-21)37(6)7)34-23(39)17-38-27(20-11-9-8-10-12-20)33-19(3)24(32)29(38)41/h8-16,18,25H,17,32H2,1-7H3,(H,34,39). The highest BCUT2D eigenvalue weighted by Crippen LogP contribution is 2.32. The van der Waals surface area contributed by atoms with Crippen LogP contribution in [0.5, 0.6) is 0 Å². The molecule has 2 aromatic carbocycles. The number of nitrogens with one attached hydrogen (secondary N) is 1. The third-order valence-corrected chi connectivity index (χ3v) is 7.27. The maximum atomic E-state index is 13.5. The minimum atomic E-state index is -0.972. The van der Waals surface area contributed by atoms with Crippen LogP contribution in [0.25, 0.3) is 11.4 Å². The van der Waals surface area contributed by atoms with Crippen molar-refractivity contribution in [1.29, 1.82) is 0 Å². The molecule has 0 bridgehead atoms. The molecule has 0 aliphatic carbocycles. The highest BCUT2D eigenvalue weighted by Gasteiger charge is 2.34. The van der Waals surface area contributed by atoms with Crippen molar-refractivity contribution in [2.24, 2.45) is 5.92 Å². The second kappa shape index (κ2) is 12.0. The molecular weight excluding hydrogens is 534 g/mol. The van der Waals surface area contributed by atoms with Gasteiger partial charge < -0.3 is 20.4 Å². The molecule has 2 heterocycles. The molecule has 4 rings (SSSR count). The third-order valence-electron chi connectivity index (χ3n) is 7.27. The molecule has 1 atom stereocenters. The minimum Gasteiger partial charge on any atom is -0.417 e. The number of amides is 1. The smallest absolute Gasteiger partial charge is 0.286 e. The Morgan fingerprint density at radius 2 is 1.69 bits per heavy atom. The second-order valence-corrected chi connectivity index (χ2v) is 11.3. The molecule has 42 heavy (non-hydrogen) atoms. The van der Waals surface area contributed by atoms with Crippen molar-refractivity contribution in [1.82, 2.24) is 25.1 Å². The molecule has 0 fully saturated rings. The van der Waals surface area contributed by atoms with Crippen LogP contribution in [0, 0.1) is 12.8 Å². The van der Waals surface area contributed by atoms with Crippen LogP contribution in [0.15, 0.2) is 63.8 Å². The van der Waals surface area contributed by atoms with Gasteiger partial charge in [0.15, 0.2) is 0 Å². The number of carbonyl (C=O) groups is 2. The number of nitrogens with two attached hydrogens (primary N) is 1. The topological polar surface area (TPSA) is 149 Å². The molecule has 1 unspecified atom stereocenters. The van der Waals surface area contributed by atoms with Gasteiger partial charge >= 0.3 is 0 Å². The highest BCUT2D eigenvalue weighted by atomic mass is 16.4. The van der Waals surface area contributed by atoms with E-state index in [2.05, 4.69) is 20.5 Å². The summed E-state index contributed by atoms with van der Waals surface area (Å²) in [6, 6.07) is 16.0. The van der Waals surface area contributed by atoms with E-state index in [1.54, 1.807) is 32.9 Å². The lowest BCUT2D eigenvalue weighted by Crippen LogP contribution is -2.46. The summed E-state index contributed by atoms with van der Waals surface area (Å²) < 4.78 is 7.10. The maximum absolute atomic E-state index is 13.5. The fourth-order valence-corrected chi connectivity index (χ4v) is 4.54. The first-order valence-electron chi connectivity index (χ1n) is 13.7. The molecule has 1 amide bonds. The van der Waals surface area contributed by atoms with Gasteiger partial charge in [0.1, 0.15) is 18.1 Å². The number of nitrogens with zero attached hydrogens (tertiary/aromatic N) is 5. The molecule has 0 aliphatic rings. The first-order valence-corrected chi connectivity index (χ1v) is 13.7. The number of aromatic nitrogens is 4. The van der Waals surface area contributed by atoms with E-state index < -0.39 is 28.7 Å². The molecule has 0 saturated carbocycles. The zero-order valence-electron chi connectivity index (χ0n) is 25.0. The predicted molar refractivity (Wildman–Crippen MR) is 161 cm³/mol. The Hall–Kier alpha value is -4.80. The van der Waals surface area contributed by atoms with Crippen LogP contribution >= 0.6 is 0 Å². The normalized spacial score (nSPS) is 12.3. The summed E-state index contributed by atoms with van der Waals surface area (Å²) in [5.41, 5.74) is 7.73. The number of aryl methyl sites for hydroxylation is 1. The van der Waals surface area contributed by atoms with Crippen molar-refractivity contribution < 1.29 is 14.0 Å². The Balaban J connectivity index is 1.56. The predicted octanol–water partition coefficient (Wildman–Crippen LogP) is 3.60. The molecule has 2 aromatic heterocycles. The quantitative estimate of drug-likeness (QED) is 0.272. The van der Waals surface area contributed by atoms with Gasteiger partial charge in [-0.2, -0.15) is 0 Å². The number of Topliss-reactive ketones (excluding diaryl/α,β-unsaturated/α-hetero) is 1. The van der Waals surface area contributed by atoms with Crippen molar-refractivity contribution in [2.45, 2.75) is 52.6 Å². The summed E-state index contributed by atoms with van der Waals surface area (Å²) in [5, 5.41) is 11.0. The van der Waals surface area contributed by atoms with E-state index in [9.17, 15) is 14.4 Å². The Morgan fingerprint density at radius 1 is 1.05 bits per heavy atom. The van der Waals surface area contributed by atoms with Crippen molar-refractivity contribution in [3.05, 3.63) is 88.0 Å². The van der Waals surface area contributed by atoms with Gasteiger partial charge in [-0.3, -0.25) is 19.0 Å². The Labute approximate surface area is 244 Å². The molecular formula is C31H37N7O4. The SMILES string of the molecule is Cc1nc(-c2ccccc2)n(CC(=O)NC(C(=O)c2nnc(C(C)(C)c3ccc(N(C)C)cc3)o2)C(C)C)c(=O)c1N. The number of hydrogen-bond acceptors (Lipinski definition) is 9. The molecule has 0 aliphatic heterocycles. The molecule has 11 nitrogen and oxygen atoms in total. The van der Waals surface area contributed by atoms with E-state index in [1.165, 1.54) is 4.57 Å². The summed E-state index contributed by atoms with van der Waals surface area (Å²) in [4.78, 5) is 46.3. The van der Waals surface area contributed by atoms with E-state index in [0.29, 0.717) is 17.1 Å². The average molecular weight is 572 g/mol. The fourth-order valence-electron chi connectivity index (χ4n) is 4.54. The summed E-state index contributed by atoms with van der Waals surface area (Å²) in [6.07, 6.45) is 0. The largest absolute Gasteiger partial charge is 0.417 e. The van der Waals surface area contributed by atoms with Gasteiger partial charge in [0, 0.05) is 25.3 Å². The summed E-state index contributed by atoms with van der Waals surface area (Å²) in [7, 11) is 3.93. The van der Waals surface area contributed by atoms with Crippen LogP contribution in [0.2, 0.25) is 0 Å². The van der Waals surface area contributed by atoms with E-state index in [1.807, 2.05) is 75.3 Å². The number of hydrogen-bond donors (Lipinski definition) is 2. The van der Waals surface area contributed by atoms with Gasteiger partial charge in [-0.1, -0.05) is 56.3 Å². The van der Waals surface area contributed by atoms with Gasteiger partial charge in [0.05, 0.1) is 17.2 Å². The molecule has 11 heteroatoms. The number of anilines is 2. The van der Waals surface area contributed by atoms with E-state index in [0.717, 1.165) is 11.3 Å². The maximum Gasteiger partial charge on any atom is 0.286 e. The fraction of sp³-hybridized carbons (Fsp3) is 0.355. The van der Waals surface area contributed by atoms with Crippen molar-refractivity contribution in [2.75, 3.05) is 24.7 Å². The van der Waals surface area contributed by atoms with Crippen molar-refractivity contribution in [3.63, 3.8) is 0 Å². The van der Waals surface area contributed by atoms with Crippen LogP contribution in [-0.4, -0.2) is 51.6 Å². The van der Waals surface area contributed by atoms with Crippen LogP contribution in [-0.2, 0) is 16.8 Å². The number of nitrogen functional groups attached to an aromatic ring is 1. The van der Waals surface area contributed by atoms with Gasteiger partial charge in [0.2, 0.25) is 17.6 Å². The monoisotopic (exact) mass is 571 g/mol. The highest BCUT2D eigenvalue weighted by molar-refractivity contribution is 5.98. The molecule has 3 N–H and O–H groups in total. The third kappa shape index (κ3) is 6.09. The van der Waals surface area contributed by atoms with Crippen LogP contribution < -0.4 is 21.5 Å². The number of ketones is 1.